The van der Waals surface area contributed by atoms with Crippen LogP contribution >= 0.6 is 0 Å². The number of ketones is 1. The summed E-state index contributed by atoms with van der Waals surface area (Å²) >= 11 is 0. The van der Waals surface area contributed by atoms with Crippen molar-refractivity contribution in [2.24, 2.45) is 10.8 Å². The van der Waals surface area contributed by atoms with E-state index in [9.17, 15) is 9.90 Å². The Morgan fingerprint density at radius 2 is 1.55 bits per heavy atom. The summed E-state index contributed by atoms with van der Waals surface area (Å²) in [5, 5.41) is 9.63. The molecule has 1 rings (SSSR count). The maximum absolute atomic E-state index is 11.6. The average molecular weight is 274 g/mol. The van der Waals surface area contributed by atoms with Crippen LogP contribution in [0.25, 0.3) is 0 Å². The van der Waals surface area contributed by atoms with E-state index < -0.39 is 0 Å². The fraction of sp³-hybridized carbons (Fsp3) is 0.500. The minimum Gasteiger partial charge on any atom is -0.512 e. The van der Waals surface area contributed by atoms with Gasteiger partial charge in [-0.2, -0.15) is 0 Å². The van der Waals surface area contributed by atoms with Crippen molar-refractivity contribution in [3.8, 4) is 0 Å². The lowest BCUT2D eigenvalue weighted by molar-refractivity contribution is -0.124. The zero-order valence-corrected chi connectivity index (χ0v) is 13.3. The average Bonchev–Trinajstić information content (AvgIpc) is 2.27. The molecule has 1 aromatic rings. The molecule has 0 saturated heterocycles. The number of carbonyl (C=O) groups is 1. The van der Waals surface area contributed by atoms with Crippen LogP contribution in [-0.4, -0.2) is 10.9 Å². The van der Waals surface area contributed by atoms with Crippen molar-refractivity contribution in [1.82, 2.24) is 0 Å². The third-order valence-corrected chi connectivity index (χ3v) is 4.02. The molecule has 0 bridgehead atoms. The molecule has 0 radical (unpaired) electrons. The molecule has 0 amide bonds. The van der Waals surface area contributed by atoms with E-state index in [0.29, 0.717) is 0 Å². The third-order valence-electron chi connectivity index (χ3n) is 4.02. The molecule has 0 spiro atoms. The largest absolute Gasteiger partial charge is 0.512 e. The summed E-state index contributed by atoms with van der Waals surface area (Å²) in [5.41, 5.74) is 1.63. The summed E-state index contributed by atoms with van der Waals surface area (Å²) < 4.78 is 0. The Morgan fingerprint density at radius 1 is 1.10 bits per heavy atom. The van der Waals surface area contributed by atoms with E-state index in [1.165, 1.54) is 0 Å². The van der Waals surface area contributed by atoms with E-state index >= 15 is 0 Å². The minimum absolute atomic E-state index is 0.201. The lowest BCUT2D eigenvalue weighted by Gasteiger charge is -2.24. The molecule has 1 aromatic carbocycles. The van der Waals surface area contributed by atoms with Crippen LogP contribution in [0.15, 0.2) is 36.6 Å². The van der Waals surface area contributed by atoms with Crippen molar-refractivity contribution in [3.63, 3.8) is 0 Å². The monoisotopic (exact) mass is 274 g/mol. The highest BCUT2D eigenvalue weighted by Gasteiger charge is 2.25. The van der Waals surface area contributed by atoms with Gasteiger partial charge in [-0.1, -0.05) is 58.5 Å². The molecule has 110 valence electrons. The number of Topliss-reactive ketones (excluding diaryl/α,β-unsaturated/α-hetero) is 1. The van der Waals surface area contributed by atoms with E-state index in [2.05, 4.69) is 24.8 Å². The van der Waals surface area contributed by atoms with Crippen molar-refractivity contribution >= 4 is 5.78 Å². The fourth-order valence-corrected chi connectivity index (χ4v) is 2.10. The fourth-order valence-electron chi connectivity index (χ4n) is 2.10. The SMILES string of the molecule is C=C(O)C(C)(C)Cc1cccc(CC(C)(C)C(C)=O)c1. The van der Waals surface area contributed by atoms with Gasteiger partial charge in [0.25, 0.3) is 0 Å². The van der Waals surface area contributed by atoms with Crippen LogP contribution in [0.2, 0.25) is 0 Å². The number of hydrogen-bond donors (Lipinski definition) is 1. The van der Waals surface area contributed by atoms with Crippen LogP contribution in [0.1, 0.15) is 45.7 Å². The zero-order valence-electron chi connectivity index (χ0n) is 13.3. The van der Waals surface area contributed by atoms with Crippen LogP contribution in [0.5, 0.6) is 0 Å². The summed E-state index contributed by atoms with van der Waals surface area (Å²) in [6.45, 7) is 13.2. The Kier molecular flexibility index (Phi) is 4.80. The van der Waals surface area contributed by atoms with Crippen LogP contribution in [0, 0.1) is 10.8 Å². The second-order valence-corrected chi connectivity index (χ2v) is 6.94. The van der Waals surface area contributed by atoms with Gasteiger partial charge in [0.15, 0.2) is 0 Å². The van der Waals surface area contributed by atoms with Gasteiger partial charge < -0.3 is 5.11 Å². The molecule has 1 N–H and O–H groups in total. The summed E-state index contributed by atoms with van der Waals surface area (Å²) in [5.74, 6) is 0.402. The van der Waals surface area contributed by atoms with Gasteiger partial charge in [0.1, 0.15) is 5.78 Å². The van der Waals surface area contributed by atoms with E-state index in [1.807, 2.05) is 33.8 Å². The molecule has 0 saturated carbocycles. The number of carbonyl (C=O) groups excluding carboxylic acids is 1. The number of rotatable bonds is 6. The Hall–Kier alpha value is -1.57. The highest BCUT2D eigenvalue weighted by atomic mass is 16.3. The molecule has 0 unspecified atom stereocenters. The first-order valence-electron chi connectivity index (χ1n) is 7.02. The Morgan fingerprint density at radius 3 is 1.95 bits per heavy atom. The predicted octanol–water partition coefficient (Wildman–Crippen LogP) is 4.48. The Bertz CT molecular complexity index is 467. The molecule has 0 heterocycles. The van der Waals surface area contributed by atoms with Crippen LogP contribution < -0.4 is 0 Å². The Balaban J connectivity index is 2.92. The smallest absolute Gasteiger partial charge is 0.135 e. The van der Waals surface area contributed by atoms with Gasteiger partial charge in [0.2, 0.25) is 0 Å². The molecule has 0 aliphatic heterocycles. The van der Waals surface area contributed by atoms with Gasteiger partial charge >= 0.3 is 0 Å². The number of aliphatic hydroxyl groups is 1. The number of aliphatic hydroxyl groups excluding tert-OH is 1. The van der Waals surface area contributed by atoms with Crippen molar-refractivity contribution in [1.29, 1.82) is 0 Å². The minimum atomic E-state index is -0.339. The summed E-state index contributed by atoms with van der Waals surface area (Å²) in [6, 6.07) is 8.23. The normalized spacial score (nSPS) is 12.2. The van der Waals surface area contributed by atoms with E-state index in [0.717, 1.165) is 24.0 Å². The van der Waals surface area contributed by atoms with E-state index in [1.54, 1.807) is 6.92 Å². The van der Waals surface area contributed by atoms with Crippen molar-refractivity contribution < 1.29 is 9.90 Å². The molecule has 0 aliphatic carbocycles. The Labute approximate surface area is 122 Å². The van der Waals surface area contributed by atoms with E-state index in [4.69, 9.17) is 0 Å². The van der Waals surface area contributed by atoms with Gasteiger partial charge in [-0.25, -0.2) is 0 Å². The number of allylic oxidation sites excluding steroid dienone is 1. The highest BCUT2D eigenvalue weighted by molar-refractivity contribution is 5.81. The molecule has 2 heteroatoms. The molecular weight excluding hydrogens is 248 g/mol. The van der Waals surface area contributed by atoms with Crippen LogP contribution in [-0.2, 0) is 17.6 Å². The first-order chi connectivity index (χ1) is 9.04. The maximum atomic E-state index is 11.6. The van der Waals surface area contributed by atoms with E-state index in [-0.39, 0.29) is 22.4 Å². The molecule has 20 heavy (non-hydrogen) atoms. The van der Waals surface area contributed by atoms with Crippen molar-refractivity contribution in [2.75, 3.05) is 0 Å². The lowest BCUT2D eigenvalue weighted by Crippen LogP contribution is -2.24. The van der Waals surface area contributed by atoms with Gasteiger partial charge in [-0.3, -0.25) is 4.79 Å². The topological polar surface area (TPSA) is 37.3 Å². The molecule has 0 fully saturated rings. The zero-order chi connectivity index (χ0) is 15.6. The molecule has 0 aromatic heterocycles. The highest BCUT2D eigenvalue weighted by Crippen LogP contribution is 2.29. The number of benzene rings is 1. The molecular formula is C18H26O2. The second-order valence-electron chi connectivity index (χ2n) is 6.94. The number of hydrogen-bond acceptors (Lipinski definition) is 2. The van der Waals surface area contributed by atoms with Gasteiger partial charge in [-0.05, 0) is 30.9 Å². The van der Waals surface area contributed by atoms with Crippen molar-refractivity contribution in [2.45, 2.75) is 47.5 Å². The molecule has 0 atom stereocenters. The van der Waals surface area contributed by atoms with Gasteiger partial charge in [-0.15, -0.1) is 0 Å². The standard InChI is InChI=1S/C18H26O2/c1-13(19)17(3,4)11-15-8-7-9-16(10-15)12-18(5,6)14(2)20/h7-10,19H,1,11-12H2,2-6H3. The van der Waals surface area contributed by atoms with Gasteiger partial charge in [0, 0.05) is 10.8 Å². The third kappa shape index (κ3) is 4.22. The molecule has 2 nitrogen and oxygen atoms in total. The maximum Gasteiger partial charge on any atom is 0.135 e. The lowest BCUT2D eigenvalue weighted by atomic mass is 9.80. The predicted molar refractivity (Wildman–Crippen MR) is 83.9 cm³/mol. The first-order valence-corrected chi connectivity index (χ1v) is 7.02. The summed E-state index contributed by atoms with van der Waals surface area (Å²) in [6.07, 6.45) is 1.47. The second kappa shape index (κ2) is 5.82. The van der Waals surface area contributed by atoms with Crippen LogP contribution in [0.4, 0.5) is 0 Å². The summed E-state index contributed by atoms with van der Waals surface area (Å²) in [7, 11) is 0. The van der Waals surface area contributed by atoms with Crippen LogP contribution in [0.3, 0.4) is 0 Å². The van der Waals surface area contributed by atoms with Crippen molar-refractivity contribution in [3.05, 3.63) is 47.7 Å². The quantitative estimate of drug-likeness (QED) is 0.776. The molecule has 0 aliphatic rings. The first kappa shape index (κ1) is 16.5. The van der Waals surface area contributed by atoms with Gasteiger partial charge in [0.05, 0.1) is 5.76 Å². The summed E-state index contributed by atoms with van der Waals surface area (Å²) in [4.78, 5) is 11.6.